The predicted molar refractivity (Wildman–Crippen MR) is 60.6 cm³/mol. The lowest BCUT2D eigenvalue weighted by Crippen LogP contribution is -2.12. The standard InChI is InChI=1S/C12H18FN/c1-9(2)6-7-14-11(5)12(13)8-10(3)4/h6,8,14H,3,5,7H2,1-2,4H3/b12-8+. The van der Waals surface area contributed by atoms with E-state index in [1.807, 2.05) is 19.9 Å². The number of hydrogen-bond donors (Lipinski definition) is 1. The lowest BCUT2D eigenvalue weighted by molar-refractivity contribution is 0.629. The minimum Gasteiger partial charge on any atom is -0.380 e. The van der Waals surface area contributed by atoms with E-state index in [0.717, 1.165) is 0 Å². The van der Waals surface area contributed by atoms with Crippen molar-refractivity contribution < 1.29 is 4.39 Å². The van der Waals surface area contributed by atoms with Crippen molar-refractivity contribution in [1.82, 2.24) is 5.32 Å². The Morgan fingerprint density at radius 2 is 1.86 bits per heavy atom. The summed E-state index contributed by atoms with van der Waals surface area (Å²) in [5.41, 5.74) is 2.16. The number of hydrogen-bond acceptors (Lipinski definition) is 1. The van der Waals surface area contributed by atoms with Crippen LogP contribution in [-0.4, -0.2) is 6.54 Å². The van der Waals surface area contributed by atoms with Gasteiger partial charge in [0.2, 0.25) is 0 Å². The first-order valence-electron chi connectivity index (χ1n) is 4.52. The van der Waals surface area contributed by atoms with Crippen molar-refractivity contribution in [2.45, 2.75) is 20.8 Å². The van der Waals surface area contributed by atoms with Crippen LogP contribution in [0.4, 0.5) is 4.39 Å². The van der Waals surface area contributed by atoms with E-state index < -0.39 is 0 Å². The Morgan fingerprint density at radius 3 is 2.29 bits per heavy atom. The van der Waals surface area contributed by atoms with Crippen molar-refractivity contribution in [2.75, 3.05) is 6.54 Å². The summed E-state index contributed by atoms with van der Waals surface area (Å²) in [4.78, 5) is 0. The summed E-state index contributed by atoms with van der Waals surface area (Å²) in [6.45, 7) is 13.5. The highest BCUT2D eigenvalue weighted by atomic mass is 19.1. The third-order valence-corrected chi connectivity index (χ3v) is 1.49. The van der Waals surface area contributed by atoms with E-state index in [0.29, 0.717) is 17.8 Å². The first kappa shape index (κ1) is 12.7. The molecule has 0 rings (SSSR count). The summed E-state index contributed by atoms with van der Waals surface area (Å²) in [6.07, 6.45) is 3.33. The average molecular weight is 195 g/mol. The van der Waals surface area contributed by atoms with E-state index in [9.17, 15) is 4.39 Å². The van der Waals surface area contributed by atoms with Crippen molar-refractivity contribution in [3.63, 3.8) is 0 Å². The van der Waals surface area contributed by atoms with Gasteiger partial charge in [0.1, 0.15) is 5.83 Å². The molecular weight excluding hydrogens is 177 g/mol. The van der Waals surface area contributed by atoms with Crippen molar-refractivity contribution in [3.05, 3.63) is 48.0 Å². The molecule has 78 valence electrons. The summed E-state index contributed by atoms with van der Waals surface area (Å²) in [5.74, 6) is -0.361. The lowest BCUT2D eigenvalue weighted by atomic mass is 10.2. The zero-order valence-electron chi connectivity index (χ0n) is 9.15. The van der Waals surface area contributed by atoms with Gasteiger partial charge in [-0.3, -0.25) is 0 Å². The van der Waals surface area contributed by atoms with E-state index in [4.69, 9.17) is 0 Å². The van der Waals surface area contributed by atoms with Crippen molar-refractivity contribution in [1.29, 1.82) is 0 Å². The SMILES string of the molecule is C=C(C)/C=C(/F)C(=C)NCC=C(C)C. The van der Waals surface area contributed by atoms with Crippen molar-refractivity contribution >= 4 is 0 Å². The van der Waals surface area contributed by atoms with Gasteiger partial charge in [-0.2, -0.15) is 0 Å². The molecule has 0 aliphatic heterocycles. The van der Waals surface area contributed by atoms with Crippen LogP contribution in [0, 0.1) is 0 Å². The summed E-state index contributed by atoms with van der Waals surface area (Å²) in [7, 11) is 0. The second-order valence-electron chi connectivity index (χ2n) is 3.48. The maximum atomic E-state index is 13.2. The highest BCUT2D eigenvalue weighted by Gasteiger charge is 1.98. The van der Waals surface area contributed by atoms with Gasteiger partial charge < -0.3 is 5.32 Å². The first-order chi connectivity index (χ1) is 6.43. The Labute approximate surface area is 85.7 Å². The maximum Gasteiger partial charge on any atom is 0.145 e. The number of allylic oxidation sites excluding steroid dienone is 4. The topological polar surface area (TPSA) is 12.0 Å². The molecule has 0 heterocycles. The van der Waals surface area contributed by atoms with Gasteiger partial charge in [0.25, 0.3) is 0 Å². The van der Waals surface area contributed by atoms with Crippen LogP contribution >= 0.6 is 0 Å². The van der Waals surface area contributed by atoms with E-state index in [1.165, 1.54) is 11.6 Å². The van der Waals surface area contributed by atoms with Crippen LogP contribution in [0.5, 0.6) is 0 Å². The number of nitrogens with one attached hydrogen (secondary N) is 1. The molecule has 0 aromatic rings. The van der Waals surface area contributed by atoms with Gasteiger partial charge in [-0.05, 0) is 26.8 Å². The molecule has 1 nitrogen and oxygen atoms in total. The molecule has 0 aromatic heterocycles. The molecule has 2 heteroatoms. The van der Waals surface area contributed by atoms with Crippen molar-refractivity contribution in [2.24, 2.45) is 0 Å². The number of rotatable bonds is 5. The van der Waals surface area contributed by atoms with E-state index in [1.54, 1.807) is 6.92 Å². The zero-order valence-corrected chi connectivity index (χ0v) is 9.15. The third kappa shape index (κ3) is 6.23. The van der Waals surface area contributed by atoms with E-state index in [-0.39, 0.29) is 5.83 Å². The fourth-order valence-corrected chi connectivity index (χ4v) is 0.766. The monoisotopic (exact) mass is 195 g/mol. The molecule has 0 aliphatic rings. The normalized spacial score (nSPS) is 10.7. The molecule has 0 unspecified atom stereocenters. The molecule has 0 radical (unpaired) electrons. The molecule has 14 heavy (non-hydrogen) atoms. The Bertz CT molecular complexity index is 281. The summed E-state index contributed by atoms with van der Waals surface area (Å²) in [5, 5.41) is 2.86. The highest BCUT2D eigenvalue weighted by molar-refractivity contribution is 5.27. The molecule has 0 aliphatic carbocycles. The molecule has 0 bridgehead atoms. The fraction of sp³-hybridized carbons (Fsp3) is 0.333. The van der Waals surface area contributed by atoms with Gasteiger partial charge in [-0.15, -0.1) is 0 Å². The van der Waals surface area contributed by atoms with Gasteiger partial charge in [-0.1, -0.05) is 30.4 Å². The van der Waals surface area contributed by atoms with Crippen LogP contribution in [0.15, 0.2) is 48.0 Å². The maximum absolute atomic E-state index is 13.2. The second-order valence-corrected chi connectivity index (χ2v) is 3.48. The van der Waals surface area contributed by atoms with Crippen LogP contribution in [0.2, 0.25) is 0 Å². The first-order valence-corrected chi connectivity index (χ1v) is 4.52. The molecule has 0 saturated heterocycles. The highest BCUT2D eigenvalue weighted by Crippen LogP contribution is 2.08. The molecular formula is C12H18FN. The Hall–Kier alpha value is -1.31. The molecule has 0 saturated carbocycles. The van der Waals surface area contributed by atoms with Gasteiger partial charge in [0.15, 0.2) is 0 Å². The molecule has 0 aromatic carbocycles. The fourth-order valence-electron chi connectivity index (χ4n) is 0.766. The molecule has 0 amide bonds. The van der Waals surface area contributed by atoms with Crippen LogP contribution < -0.4 is 5.32 Å². The van der Waals surface area contributed by atoms with Crippen LogP contribution in [0.25, 0.3) is 0 Å². The lowest BCUT2D eigenvalue weighted by Gasteiger charge is -2.05. The van der Waals surface area contributed by atoms with Crippen LogP contribution in [-0.2, 0) is 0 Å². The Morgan fingerprint density at radius 1 is 1.29 bits per heavy atom. The van der Waals surface area contributed by atoms with Crippen LogP contribution in [0.1, 0.15) is 20.8 Å². The third-order valence-electron chi connectivity index (χ3n) is 1.49. The molecule has 1 N–H and O–H groups in total. The molecule has 0 atom stereocenters. The van der Waals surface area contributed by atoms with Gasteiger partial charge in [-0.25, -0.2) is 4.39 Å². The second kappa shape index (κ2) is 6.19. The quantitative estimate of drug-likeness (QED) is 0.523. The summed E-state index contributed by atoms with van der Waals surface area (Å²) in [6, 6.07) is 0. The summed E-state index contributed by atoms with van der Waals surface area (Å²) >= 11 is 0. The van der Waals surface area contributed by atoms with Gasteiger partial charge in [0, 0.05) is 6.54 Å². The van der Waals surface area contributed by atoms with Gasteiger partial charge in [0.05, 0.1) is 5.70 Å². The Kier molecular flexibility index (Phi) is 5.61. The zero-order chi connectivity index (χ0) is 11.1. The molecule has 0 fully saturated rings. The summed E-state index contributed by atoms with van der Waals surface area (Å²) < 4.78 is 13.2. The predicted octanol–water partition coefficient (Wildman–Crippen LogP) is 3.49. The minimum absolute atomic E-state index is 0.297. The van der Waals surface area contributed by atoms with E-state index in [2.05, 4.69) is 18.5 Å². The molecule has 0 spiro atoms. The van der Waals surface area contributed by atoms with Gasteiger partial charge >= 0.3 is 0 Å². The van der Waals surface area contributed by atoms with Crippen LogP contribution in [0.3, 0.4) is 0 Å². The smallest absolute Gasteiger partial charge is 0.145 e. The Balaban J connectivity index is 4.10. The van der Waals surface area contributed by atoms with Crippen molar-refractivity contribution in [3.8, 4) is 0 Å². The van der Waals surface area contributed by atoms with E-state index >= 15 is 0 Å². The largest absolute Gasteiger partial charge is 0.380 e. The minimum atomic E-state index is -0.361. The average Bonchev–Trinajstić information content (AvgIpc) is 2.01. The number of halogens is 1.